The van der Waals surface area contributed by atoms with Gasteiger partial charge in [-0.3, -0.25) is 4.90 Å². The Labute approximate surface area is 127 Å². The van der Waals surface area contributed by atoms with Crippen LogP contribution >= 0.6 is 12.2 Å². The maximum Gasteiger partial charge on any atom is 0.0948 e. The molecule has 0 radical (unpaired) electrons. The van der Waals surface area contributed by atoms with E-state index in [2.05, 4.69) is 48.3 Å². The van der Waals surface area contributed by atoms with E-state index in [1.54, 1.807) is 0 Å². The summed E-state index contributed by atoms with van der Waals surface area (Å²) < 4.78 is 0. The quantitative estimate of drug-likeness (QED) is 0.836. The molecule has 0 aliphatic carbocycles. The normalized spacial score (nSPS) is 18.8. The van der Waals surface area contributed by atoms with E-state index >= 15 is 0 Å². The Morgan fingerprint density at radius 1 is 1.15 bits per heavy atom. The van der Waals surface area contributed by atoms with Crippen LogP contribution in [0.3, 0.4) is 0 Å². The minimum atomic E-state index is 0.0612. The first-order valence-electron chi connectivity index (χ1n) is 7.43. The van der Waals surface area contributed by atoms with Crippen LogP contribution in [0.15, 0.2) is 24.3 Å². The van der Waals surface area contributed by atoms with E-state index in [0.717, 1.165) is 32.6 Å². The minimum absolute atomic E-state index is 0.0612. The largest absolute Gasteiger partial charge is 0.392 e. The molecule has 1 heterocycles. The summed E-state index contributed by atoms with van der Waals surface area (Å²) in [5, 5.41) is 3.42. The van der Waals surface area contributed by atoms with Crippen molar-refractivity contribution in [3.63, 3.8) is 0 Å². The van der Waals surface area contributed by atoms with E-state index < -0.39 is 0 Å². The average Bonchev–Trinajstić information content (AvgIpc) is 2.68. The fraction of sp³-hybridized carbons (Fsp3) is 0.562. The van der Waals surface area contributed by atoms with Crippen LogP contribution in [0, 0.1) is 0 Å². The molecule has 0 saturated carbocycles. The molecule has 3 nitrogen and oxygen atoms in total. The van der Waals surface area contributed by atoms with Crippen molar-refractivity contribution in [2.24, 2.45) is 5.73 Å². The summed E-state index contributed by atoms with van der Waals surface area (Å²) in [6.07, 6.45) is 1.14. The van der Waals surface area contributed by atoms with Crippen molar-refractivity contribution in [2.75, 3.05) is 26.2 Å². The highest BCUT2D eigenvalue weighted by molar-refractivity contribution is 7.80. The Morgan fingerprint density at radius 3 is 2.40 bits per heavy atom. The molecule has 4 heteroatoms. The molecule has 1 aromatic carbocycles. The smallest absolute Gasteiger partial charge is 0.0948 e. The zero-order valence-electron chi connectivity index (χ0n) is 12.4. The van der Waals surface area contributed by atoms with Gasteiger partial charge in [0.05, 0.1) is 11.0 Å². The van der Waals surface area contributed by atoms with Crippen LogP contribution in [0.5, 0.6) is 0 Å². The third-order valence-corrected chi connectivity index (χ3v) is 4.15. The fourth-order valence-electron chi connectivity index (χ4n) is 2.74. The summed E-state index contributed by atoms with van der Waals surface area (Å²) in [6, 6.07) is 8.81. The van der Waals surface area contributed by atoms with Crippen molar-refractivity contribution in [3.05, 3.63) is 35.4 Å². The second-order valence-corrected chi connectivity index (χ2v) is 6.24. The third kappa shape index (κ3) is 3.78. The van der Waals surface area contributed by atoms with Gasteiger partial charge in [-0.15, -0.1) is 0 Å². The molecule has 0 amide bonds. The molecule has 1 unspecified atom stereocenters. The van der Waals surface area contributed by atoms with Crippen LogP contribution in [-0.4, -0.2) is 36.1 Å². The van der Waals surface area contributed by atoms with Gasteiger partial charge >= 0.3 is 0 Å². The van der Waals surface area contributed by atoms with Crippen molar-refractivity contribution in [2.45, 2.75) is 32.2 Å². The van der Waals surface area contributed by atoms with Crippen LogP contribution in [0.1, 0.15) is 43.4 Å². The lowest BCUT2D eigenvalue weighted by molar-refractivity contribution is 0.261. The van der Waals surface area contributed by atoms with Crippen LogP contribution in [0.2, 0.25) is 0 Å². The maximum atomic E-state index is 6.02. The molecular formula is C16H25N3S. The highest BCUT2D eigenvalue weighted by Crippen LogP contribution is 2.24. The molecule has 3 N–H and O–H groups in total. The lowest BCUT2D eigenvalue weighted by atomic mass is 9.98. The van der Waals surface area contributed by atoms with Gasteiger partial charge in [0.15, 0.2) is 0 Å². The van der Waals surface area contributed by atoms with E-state index in [9.17, 15) is 0 Å². The van der Waals surface area contributed by atoms with Gasteiger partial charge in [0.2, 0.25) is 0 Å². The number of nitrogens with two attached hydrogens (primary N) is 1. The summed E-state index contributed by atoms with van der Waals surface area (Å²) in [6.45, 7) is 8.53. The first kappa shape index (κ1) is 15.4. The summed E-state index contributed by atoms with van der Waals surface area (Å²) in [4.78, 5) is 2.97. The highest BCUT2D eigenvalue weighted by atomic mass is 32.1. The molecule has 0 aromatic heterocycles. The van der Waals surface area contributed by atoms with Crippen LogP contribution in [-0.2, 0) is 0 Å². The second kappa shape index (κ2) is 7.16. The number of hydrogen-bond acceptors (Lipinski definition) is 3. The van der Waals surface area contributed by atoms with E-state index in [4.69, 9.17) is 18.0 Å². The number of benzene rings is 1. The van der Waals surface area contributed by atoms with Gasteiger partial charge < -0.3 is 11.1 Å². The van der Waals surface area contributed by atoms with Gasteiger partial charge in [-0.25, -0.2) is 0 Å². The zero-order chi connectivity index (χ0) is 14.5. The standard InChI is InChI=1S/C16H25N3S/c1-12(2)13-4-6-14(7-5-13)15(16(17)20)19-10-3-8-18-9-11-19/h4-7,12,15,18H,3,8-11H2,1-2H3,(H2,17,20). The van der Waals surface area contributed by atoms with E-state index in [0.29, 0.717) is 10.9 Å². The van der Waals surface area contributed by atoms with Crippen LogP contribution in [0.25, 0.3) is 0 Å². The van der Waals surface area contributed by atoms with E-state index in [-0.39, 0.29) is 6.04 Å². The molecule has 2 rings (SSSR count). The minimum Gasteiger partial charge on any atom is -0.392 e. The van der Waals surface area contributed by atoms with Crippen molar-refractivity contribution in [1.82, 2.24) is 10.2 Å². The first-order chi connectivity index (χ1) is 9.59. The zero-order valence-corrected chi connectivity index (χ0v) is 13.2. The Bertz CT molecular complexity index is 434. The molecular weight excluding hydrogens is 266 g/mol. The van der Waals surface area contributed by atoms with Gasteiger partial charge in [-0.2, -0.15) is 0 Å². The van der Waals surface area contributed by atoms with Gasteiger partial charge in [-0.1, -0.05) is 50.3 Å². The monoisotopic (exact) mass is 291 g/mol. The number of nitrogens with zero attached hydrogens (tertiary/aromatic N) is 1. The van der Waals surface area contributed by atoms with E-state index in [1.165, 1.54) is 11.1 Å². The average molecular weight is 291 g/mol. The molecule has 1 aliphatic rings. The maximum absolute atomic E-state index is 6.02. The molecule has 1 saturated heterocycles. The predicted molar refractivity (Wildman–Crippen MR) is 89.1 cm³/mol. The fourth-order valence-corrected chi connectivity index (χ4v) is 3.03. The lowest BCUT2D eigenvalue weighted by Gasteiger charge is -2.30. The molecule has 1 atom stereocenters. The number of thiocarbonyl (C=S) groups is 1. The van der Waals surface area contributed by atoms with Crippen molar-refractivity contribution in [3.8, 4) is 0 Å². The summed E-state index contributed by atoms with van der Waals surface area (Å²) in [5.41, 5.74) is 8.58. The molecule has 1 aromatic rings. The van der Waals surface area contributed by atoms with E-state index in [1.807, 2.05) is 0 Å². The lowest BCUT2D eigenvalue weighted by Crippen LogP contribution is -2.39. The number of nitrogens with one attached hydrogen (secondary N) is 1. The first-order valence-corrected chi connectivity index (χ1v) is 7.84. The Hall–Kier alpha value is -0.970. The summed E-state index contributed by atoms with van der Waals surface area (Å²) in [5.74, 6) is 0.551. The Kier molecular flexibility index (Phi) is 5.52. The van der Waals surface area contributed by atoms with Crippen LogP contribution < -0.4 is 11.1 Å². The van der Waals surface area contributed by atoms with Gasteiger partial charge in [-0.05, 0) is 30.0 Å². The summed E-state index contributed by atoms with van der Waals surface area (Å²) >= 11 is 5.32. The molecule has 0 bridgehead atoms. The molecule has 110 valence electrons. The molecule has 0 spiro atoms. The number of rotatable bonds is 4. The SMILES string of the molecule is CC(C)c1ccc(C(C(N)=S)N2CCCNCC2)cc1. The Balaban J connectivity index is 2.21. The van der Waals surface area contributed by atoms with Gasteiger partial charge in [0.1, 0.15) is 0 Å². The predicted octanol–water partition coefficient (Wildman–Crippen LogP) is 2.43. The topological polar surface area (TPSA) is 41.3 Å². The Morgan fingerprint density at radius 2 is 1.80 bits per heavy atom. The van der Waals surface area contributed by atoms with Crippen molar-refractivity contribution >= 4 is 17.2 Å². The molecule has 20 heavy (non-hydrogen) atoms. The van der Waals surface area contributed by atoms with Crippen molar-refractivity contribution < 1.29 is 0 Å². The third-order valence-electron chi connectivity index (χ3n) is 3.93. The van der Waals surface area contributed by atoms with Gasteiger partial charge in [0.25, 0.3) is 0 Å². The van der Waals surface area contributed by atoms with Gasteiger partial charge in [0, 0.05) is 19.6 Å². The van der Waals surface area contributed by atoms with Crippen LogP contribution in [0.4, 0.5) is 0 Å². The molecule has 1 aliphatic heterocycles. The highest BCUT2D eigenvalue weighted by Gasteiger charge is 2.23. The van der Waals surface area contributed by atoms with Crippen molar-refractivity contribution in [1.29, 1.82) is 0 Å². The molecule has 1 fully saturated rings. The summed E-state index contributed by atoms with van der Waals surface area (Å²) in [7, 11) is 0. The second-order valence-electron chi connectivity index (χ2n) is 5.77. The number of hydrogen-bond donors (Lipinski definition) is 2.